The number of benzene rings is 1. The maximum atomic E-state index is 11.9. The minimum atomic E-state index is -3.64. The Labute approximate surface area is 110 Å². The van der Waals surface area contributed by atoms with E-state index in [0.29, 0.717) is 4.47 Å². The normalized spacial score (nSPS) is 11.8. The highest BCUT2D eigenvalue weighted by Crippen LogP contribution is 2.20. The lowest BCUT2D eigenvalue weighted by Gasteiger charge is -2.08. The molecule has 0 amide bonds. The van der Waals surface area contributed by atoms with Gasteiger partial charge < -0.3 is 0 Å². The molecule has 0 spiro atoms. The minimum absolute atomic E-state index is 0.136. The van der Waals surface area contributed by atoms with Crippen LogP contribution in [0.15, 0.2) is 33.6 Å². The molecule has 0 aliphatic carbocycles. The largest absolute Gasteiger partial charge is 0.298 e. The second kappa shape index (κ2) is 5.75. The Bertz CT molecular complexity index is 511. The zero-order valence-electron chi connectivity index (χ0n) is 9.60. The SMILES string of the molecule is CC(C)C(=O)CNS(=O)(=O)c1ccccc1Br. The first-order valence-electron chi connectivity index (χ1n) is 5.11. The van der Waals surface area contributed by atoms with Crippen LogP contribution in [-0.2, 0) is 14.8 Å². The standard InChI is InChI=1S/C11H14BrNO3S/c1-8(2)10(14)7-13-17(15,16)11-6-4-3-5-9(11)12/h3-6,8,13H,7H2,1-2H3. The summed E-state index contributed by atoms with van der Waals surface area (Å²) >= 11 is 3.16. The van der Waals surface area contributed by atoms with Crippen LogP contribution in [0.3, 0.4) is 0 Å². The molecule has 0 radical (unpaired) electrons. The highest BCUT2D eigenvalue weighted by molar-refractivity contribution is 9.10. The number of rotatable bonds is 5. The van der Waals surface area contributed by atoms with Crippen molar-refractivity contribution in [1.82, 2.24) is 4.72 Å². The molecule has 0 aromatic heterocycles. The number of hydrogen-bond donors (Lipinski definition) is 1. The van der Waals surface area contributed by atoms with Gasteiger partial charge in [0, 0.05) is 10.4 Å². The highest BCUT2D eigenvalue weighted by Gasteiger charge is 2.18. The van der Waals surface area contributed by atoms with Gasteiger partial charge in [-0.3, -0.25) is 4.79 Å². The molecular weight excluding hydrogens is 306 g/mol. The van der Waals surface area contributed by atoms with Gasteiger partial charge in [0.1, 0.15) is 5.78 Å². The van der Waals surface area contributed by atoms with Gasteiger partial charge in [0.15, 0.2) is 0 Å². The van der Waals surface area contributed by atoms with E-state index in [-0.39, 0.29) is 23.1 Å². The summed E-state index contributed by atoms with van der Waals surface area (Å²) in [6.45, 7) is 3.28. The molecule has 0 atom stereocenters. The fourth-order valence-corrected chi connectivity index (χ4v) is 3.11. The zero-order valence-corrected chi connectivity index (χ0v) is 12.0. The Hall–Kier alpha value is -0.720. The first kappa shape index (κ1) is 14.3. The average molecular weight is 320 g/mol. The summed E-state index contributed by atoms with van der Waals surface area (Å²) in [4.78, 5) is 11.5. The molecule has 0 unspecified atom stereocenters. The Balaban J connectivity index is 2.84. The lowest BCUT2D eigenvalue weighted by atomic mass is 10.1. The summed E-state index contributed by atoms with van der Waals surface area (Å²) in [5, 5.41) is 0. The third-order valence-corrected chi connectivity index (χ3v) is 4.62. The van der Waals surface area contributed by atoms with Gasteiger partial charge in [-0.15, -0.1) is 0 Å². The van der Waals surface area contributed by atoms with E-state index in [9.17, 15) is 13.2 Å². The van der Waals surface area contributed by atoms with Crippen LogP contribution in [0.5, 0.6) is 0 Å². The van der Waals surface area contributed by atoms with Crippen LogP contribution in [0.4, 0.5) is 0 Å². The van der Waals surface area contributed by atoms with E-state index in [2.05, 4.69) is 20.7 Å². The fraction of sp³-hybridized carbons (Fsp3) is 0.364. The molecule has 1 aromatic carbocycles. The summed E-state index contributed by atoms with van der Waals surface area (Å²) in [6.07, 6.45) is 0. The number of halogens is 1. The summed E-state index contributed by atoms with van der Waals surface area (Å²) in [6, 6.07) is 6.47. The second-order valence-electron chi connectivity index (χ2n) is 3.88. The van der Waals surface area contributed by atoms with E-state index in [0.717, 1.165) is 0 Å². The molecule has 0 fully saturated rings. The average Bonchev–Trinajstić information content (AvgIpc) is 2.26. The molecule has 0 aliphatic rings. The number of carbonyl (C=O) groups excluding carboxylic acids is 1. The van der Waals surface area contributed by atoms with E-state index in [4.69, 9.17) is 0 Å². The molecule has 94 valence electrons. The topological polar surface area (TPSA) is 63.2 Å². The first-order chi connectivity index (χ1) is 7.84. The van der Waals surface area contributed by atoms with Gasteiger partial charge >= 0.3 is 0 Å². The smallest absolute Gasteiger partial charge is 0.242 e. The third kappa shape index (κ3) is 3.90. The summed E-state index contributed by atoms with van der Waals surface area (Å²) in [7, 11) is -3.64. The van der Waals surface area contributed by atoms with E-state index in [1.165, 1.54) is 6.07 Å². The Kier molecular flexibility index (Phi) is 4.85. The summed E-state index contributed by atoms with van der Waals surface area (Å²) in [5.41, 5.74) is 0. The summed E-state index contributed by atoms with van der Waals surface area (Å²) < 4.78 is 26.5. The molecule has 1 rings (SSSR count). The molecule has 0 saturated carbocycles. The monoisotopic (exact) mass is 319 g/mol. The van der Waals surface area contributed by atoms with Crippen LogP contribution in [0.25, 0.3) is 0 Å². The fourth-order valence-electron chi connectivity index (χ4n) is 1.11. The predicted octanol–water partition coefficient (Wildman–Crippen LogP) is 1.95. The molecular formula is C11H14BrNO3S. The molecule has 0 heterocycles. The quantitative estimate of drug-likeness (QED) is 0.902. The van der Waals surface area contributed by atoms with Crippen LogP contribution in [-0.4, -0.2) is 20.7 Å². The van der Waals surface area contributed by atoms with E-state index in [1.54, 1.807) is 32.0 Å². The maximum Gasteiger partial charge on any atom is 0.242 e. The lowest BCUT2D eigenvalue weighted by Crippen LogP contribution is -2.31. The molecule has 1 aromatic rings. The molecule has 4 nitrogen and oxygen atoms in total. The number of ketones is 1. The van der Waals surface area contributed by atoms with Crippen molar-refractivity contribution in [2.24, 2.45) is 5.92 Å². The summed E-state index contributed by atoms with van der Waals surface area (Å²) in [5.74, 6) is -0.322. The predicted molar refractivity (Wildman–Crippen MR) is 69.2 cm³/mol. The first-order valence-corrected chi connectivity index (χ1v) is 7.39. The zero-order chi connectivity index (χ0) is 13.1. The van der Waals surface area contributed by atoms with E-state index >= 15 is 0 Å². The Morgan fingerprint density at radius 3 is 2.47 bits per heavy atom. The molecule has 6 heteroatoms. The van der Waals surface area contributed by atoms with Crippen molar-refractivity contribution in [2.45, 2.75) is 18.7 Å². The number of hydrogen-bond acceptors (Lipinski definition) is 3. The lowest BCUT2D eigenvalue weighted by molar-refractivity contribution is -0.120. The molecule has 0 saturated heterocycles. The van der Waals surface area contributed by atoms with Gasteiger partial charge in [0.2, 0.25) is 10.0 Å². The van der Waals surface area contributed by atoms with Crippen molar-refractivity contribution in [3.63, 3.8) is 0 Å². The van der Waals surface area contributed by atoms with Crippen molar-refractivity contribution < 1.29 is 13.2 Å². The van der Waals surface area contributed by atoms with Gasteiger partial charge in [0.25, 0.3) is 0 Å². The maximum absolute atomic E-state index is 11.9. The molecule has 17 heavy (non-hydrogen) atoms. The third-order valence-electron chi connectivity index (χ3n) is 2.21. The van der Waals surface area contributed by atoms with Crippen LogP contribution in [0.1, 0.15) is 13.8 Å². The van der Waals surface area contributed by atoms with Crippen LogP contribution in [0.2, 0.25) is 0 Å². The number of nitrogens with one attached hydrogen (secondary N) is 1. The van der Waals surface area contributed by atoms with Gasteiger partial charge in [-0.25, -0.2) is 13.1 Å². The molecule has 1 N–H and O–H groups in total. The van der Waals surface area contributed by atoms with Crippen LogP contribution in [0, 0.1) is 5.92 Å². The van der Waals surface area contributed by atoms with Crippen LogP contribution < -0.4 is 4.72 Å². The Morgan fingerprint density at radius 1 is 1.35 bits per heavy atom. The van der Waals surface area contributed by atoms with Gasteiger partial charge in [0.05, 0.1) is 11.4 Å². The van der Waals surface area contributed by atoms with Crippen molar-refractivity contribution in [3.8, 4) is 0 Å². The van der Waals surface area contributed by atoms with Crippen molar-refractivity contribution in [2.75, 3.05) is 6.54 Å². The second-order valence-corrected chi connectivity index (χ2v) is 6.47. The van der Waals surface area contributed by atoms with Gasteiger partial charge in [-0.05, 0) is 28.1 Å². The number of Topliss-reactive ketones (excluding diaryl/α,β-unsaturated/α-hetero) is 1. The Morgan fingerprint density at radius 2 is 1.94 bits per heavy atom. The van der Waals surface area contributed by atoms with Gasteiger partial charge in [-0.1, -0.05) is 26.0 Å². The minimum Gasteiger partial charge on any atom is -0.298 e. The van der Waals surface area contributed by atoms with Crippen LogP contribution >= 0.6 is 15.9 Å². The molecule has 0 bridgehead atoms. The van der Waals surface area contributed by atoms with E-state index in [1.807, 2.05) is 0 Å². The number of sulfonamides is 1. The molecule has 0 aliphatic heterocycles. The van der Waals surface area contributed by atoms with Gasteiger partial charge in [-0.2, -0.15) is 0 Å². The van der Waals surface area contributed by atoms with E-state index < -0.39 is 10.0 Å². The number of carbonyl (C=O) groups is 1. The highest BCUT2D eigenvalue weighted by atomic mass is 79.9. The van der Waals surface area contributed by atoms with Crippen molar-refractivity contribution in [3.05, 3.63) is 28.7 Å². The van der Waals surface area contributed by atoms with Crippen molar-refractivity contribution in [1.29, 1.82) is 0 Å². The van der Waals surface area contributed by atoms with Crippen molar-refractivity contribution >= 4 is 31.7 Å².